The summed E-state index contributed by atoms with van der Waals surface area (Å²) >= 11 is 0. The highest BCUT2D eigenvalue weighted by molar-refractivity contribution is 5.89. The molecule has 1 heterocycles. The molecular formula is C15H20N2O3. The highest BCUT2D eigenvalue weighted by Crippen LogP contribution is 2.17. The summed E-state index contributed by atoms with van der Waals surface area (Å²) in [6.45, 7) is 3.21. The van der Waals surface area contributed by atoms with Gasteiger partial charge >= 0.3 is 5.97 Å². The van der Waals surface area contributed by atoms with E-state index in [1.807, 2.05) is 17.0 Å². The van der Waals surface area contributed by atoms with Gasteiger partial charge in [-0.05, 0) is 37.1 Å². The van der Waals surface area contributed by atoms with Crippen molar-refractivity contribution < 1.29 is 14.3 Å². The van der Waals surface area contributed by atoms with Crippen molar-refractivity contribution in [1.29, 1.82) is 0 Å². The van der Waals surface area contributed by atoms with E-state index in [1.165, 1.54) is 7.11 Å². The predicted molar refractivity (Wildman–Crippen MR) is 76.7 cm³/mol. The minimum Gasteiger partial charge on any atom is -0.465 e. The van der Waals surface area contributed by atoms with Gasteiger partial charge in [-0.3, -0.25) is 4.79 Å². The second-order valence-corrected chi connectivity index (χ2v) is 4.99. The SMILES string of the molecule is COC(=O)c1ccc(NC2CCN(C(C)=O)CC2)cc1. The Bertz CT molecular complexity index is 476. The van der Waals surface area contributed by atoms with Crippen molar-refractivity contribution in [2.24, 2.45) is 0 Å². The van der Waals surface area contributed by atoms with Crippen LogP contribution in [-0.4, -0.2) is 43.0 Å². The number of hydrogen-bond acceptors (Lipinski definition) is 4. The molecule has 2 rings (SSSR count). The molecule has 1 amide bonds. The zero-order valence-corrected chi connectivity index (χ0v) is 11.9. The summed E-state index contributed by atoms with van der Waals surface area (Å²) in [5.41, 5.74) is 1.53. The van der Waals surface area contributed by atoms with E-state index in [9.17, 15) is 9.59 Å². The lowest BCUT2D eigenvalue weighted by atomic mass is 10.0. The topological polar surface area (TPSA) is 58.6 Å². The molecule has 1 aromatic rings. The van der Waals surface area contributed by atoms with Gasteiger partial charge in [0.25, 0.3) is 0 Å². The number of esters is 1. The Balaban J connectivity index is 1.88. The lowest BCUT2D eigenvalue weighted by molar-refractivity contribution is -0.129. The zero-order chi connectivity index (χ0) is 14.5. The summed E-state index contributed by atoms with van der Waals surface area (Å²) < 4.78 is 4.66. The van der Waals surface area contributed by atoms with Gasteiger partial charge in [0.1, 0.15) is 0 Å². The van der Waals surface area contributed by atoms with Crippen LogP contribution < -0.4 is 5.32 Å². The minimum absolute atomic E-state index is 0.144. The fourth-order valence-electron chi connectivity index (χ4n) is 2.39. The van der Waals surface area contributed by atoms with Gasteiger partial charge in [0, 0.05) is 31.7 Å². The molecule has 0 aromatic heterocycles. The molecular weight excluding hydrogens is 256 g/mol. The van der Waals surface area contributed by atoms with Crippen molar-refractivity contribution >= 4 is 17.6 Å². The van der Waals surface area contributed by atoms with Crippen LogP contribution in [0.25, 0.3) is 0 Å². The molecule has 5 heteroatoms. The Morgan fingerprint density at radius 2 is 1.80 bits per heavy atom. The predicted octanol–water partition coefficient (Wildman–Crippen LogP) is 1.90. The Morgan fingerprint density at radius 3 is 2.30 bits per heavy atom. The molecule has 5 nitrogen and oxygen atoms in total. The quantitative estimate of drug-likeness (QED) is 0.857. The highest BCUT2D eigenvalue weighted by atomic mass is 16.5. The van der Waals surface area contributed by atoms with Crippen LogP contribution in [0.4, 0.5) is 5.69 Å². The number of benzene rings is 1. The first-order chi connectivity index (χ1) is 9.60. The molecule has 1 N–H and O–H groups in total. The molecule has 1 aromatic carbocycles. The van der Waals surface area contributed by atoms with Crippen molar-refractivity contribution in [1.82, 2.24) is 4.90 Å². The van der Waals surface area contributed by atoms with E-state index >= 15 is 0 Å². The maximum Gasteiger partial charge on any atom is 0.337 e. The Morgan fingerprint density at radius 1 is 1.20 bits per heavy atom. The number of nitrogens with one attached hydrogen (secondary N) is 1. The Labute approximate surface area is 118 Å². The molecule has 0 atom stereocenters. The van der Waals surface area contributed by atoms with E-state index < -0.39 is 0 Å². The molecule has 0 bridgehead atoms. The summed E-state index contributed by atoms with van der Waals surface area (Å²) in [5, 5.41) is 3.43. The lowest BCUT2D eigenvalue weighted by Crippen LogP contribution is -2.41. The molecule has 108 valence electrons. The lowest BCUT2D eigenvalue weighted by Gasteiger charge is -2.32. The van der Waals surface area contributed by atoms with Crippen LogP contribution in [0, 0.1) is 0 Å². The second-order valence-electron chi connectivity index (χ2n) is 4.99. The first kappa shape index (κ1) is 14.4. The van der Waals surface area contributed by atoms with Gasteiger partial charge < -0.3 is 15.0 Å². The third kappa shape index (κ3) is 3.50. The summed E-state index contributed by atoms with van der Waals surface area (Å²) in [7, 11) is 1.37. The van der Waals surface area contributed by atoms with Gasteiger partial charge in [-0.25, -0.2) is 4.79 Å². The fourth-order valence-corrected chi connectivity index (χ4v) is 2.39. The van der Waals surface area contributed by atoms with Crippen LogP contribution in [0.3, 0.4) is 0 Å². The maximum atomic E-state index is 11.3. The van der Waals surface area contributed by atoms with Gasteiger partial charge in [-0.1, -0.05) is 0 Å². The monoisotopic (exact) mass is 276 g/mol. The van der Waals surface area contributed by atoms with Crippen molar-refractivity contribution in [2.75, 3.05) is 25.5 Å². The molecule has 1 aliphatic rings. The van der Waals surface area contributed by atoms with Crippen molar-refractivity contribution in [3.8, 4) is 0 Å². The molecule has 0 saturated carbocycles. The number of likely N-dealkylation sites (tertiary alicyclic amines) is 1. The maximum absolute atomic E-state index is 11.3. The van der Waals surface area contributed by atoms with Crippen molar-refractivity contribution in [3.63, 3.8) is 0 Å². The first-order valence-corrected chi connectivity index (χ1v) is 6.80. The third-order valence-electron chi connectivity index (χ3n) is 3.62. The number of nitrogens with zero attached hydrogens (tertiary/aromatic N) is 1. The number of carbonyl (C=O) groups excluding carboxylic acids is 2. The molecule has 1 aliphatic heterocycles. The van der Waals surface area contributed by atoms with Gasteiger partial charge in [-0.2, -0.15) is 0 Å². The highest BCUT2D eigenvalue weighted by Gasteiger charge is 2.20. The van der Waals surface area contributed by atoms with Gasteiger partial charge in [-0.15, -0.1) is 0 Å². The molecule has 1 fully saturated rings. The van der Waals surface area contributed by atoms with Crippen LogP contribution in [0.15, 0.2) is 24.3 Å². The number of amides is 1. The van der Waals surface area contributed by atoms with Crippen molar-refractivity contribution in [2.45, 2.75) is 25.8 Å². The molecule has 0 spiro atoms. The average Bonchev–Trinajstić information content (AvgIpc) is 2.48. The van der Waals surface area contributed by atoms with E-state index in [2.05, 4.69) is 10.1 Å². The number of piperidine rings is 1. The smallest absolute Gasteiger partial charge is 0.337 e. The number of methoxy groups -OCH3 is 1. The zero-order valence-electron chi connectivity index (χ0n) is 11.9. The first-order valence-electron chi connectivity index (χ1n) is 6.80. The Hall–Kier alpha value is -2.04. The van der Waals surface area contributed by atoms with E-state index in [0.717, 1.165) is 31.6 Å². The fraction of sp³-hybridized carbons (Fsp3) is 0.467. The molecule has 0 aliphatic carbocycles. The second kappa shape index (κ2) is 6.41. The Kier molecular flexibility index (Phi) is 4.61. The third-order valence-corrected chi connectivity index (χ3v) is 3.62. The molecule has 20 heavy (non-hydrogen) atoms. The van der Waals surface area contributed by atoms with E-state index in [4.69, 9.17) is 0 Å². The standard InChI is InChI=1S/C15H20N2O3/c1-11(18)17-9-7-14(8-10-17)16-13-5-3-12(4-6-13)15(19)20-2/h3-6,14,16H,7-10H2,1-2H3. The van der Waals surface area contributed by atoms with Crippen LogP contribution in [0.5, 0.6) is 0 Å². The number of anilines is 1. The largest absolute Gasteiger partial charge is 0.465 e. The minimum atomic E-state index is -0.327. The number of hydrogen-bond donors (Lipinski definition) is 1. The number of carbonyl (C=O) groups is 2. The number of ether oxygens (including phenoxy) is 1. The van der Waals surface area contributed by atoms with Crippen molar-refractivity contribution in [3.05, 3.63) is 29.8 Å². The molecule has 0 unspecified atom stereocenters. The summed E-state index contributed by atoms with van der Waals surface area (Å²) in [6.07, 6.45) is 1.89. The van der Waals surface area contributed by atoms with E-state index in [1.54, 1.807) is 19.1 Å². The van der Waals surface area contributed by atoms with Crippen LogP contribution in [-0.2, 0) is 9.53 Å². The summed E-state index contributed by atoms with van der Waals surface area (Å²) in [5.74, 6) is -0.183. The normalized spacial score (nSPS) is 15.8. The average molecular weight is 276 g/mol. The summed E-state index contributed by atoms with van der Waals surface area (Å²) in [4.78, 5) is 24.5. The summed E-state index contributed by atoms with van der Waals surface area (Å²) in [6, 6.07) is 7.62. The van der Waals surface area contributed by atoms with Crippen LogP contribution >= 0.6 is 0 Å². The van der Waals surface area contributed by atoms with E-state index in [0.29, 0.717) is 11.6 Å². The molecule has 0 radical (unpaired) electrons. The number of rotatable bonds is 3. The van der Waals surface area contributed by atoms with Gasteiger partial charge in [0.15, 0.2) is 0 Å². The van der Waals surface area contributed by atoms with Crippen LogP contribution in [0.1, 0.15) is 30.1 Å². The van der Waals surface area contributed by atoms with E-state index in [-0.39, 0.29) is 11.9 Å². The molecule has 1 saturated heterocycles. The van der Waals surface area contributed by atoms with Crippen LogP contribution in [0.2, 0.25) is 0 Å². The van der Waals surface area contributed by atoms with Gasteiger partial charge in [0.05, 0.1) is 12.7 Å². The van der Waals surface area contributed by atoms with Gasteiger partial charge in [0.2, 0.25) is 5.91 Å².